The number of ether oxygens (including phenoxy) is 1. The zero-order valence-electron chi connectivity index (χ0n) is 12.4. The summed E-state index contributed by atoms with van der Waals surface area (Å²) < 4.78 is 5.58. The number of guanidine groups is 1. The summed E-state index contributed by atoms with van der Waals surface area (Å²) in [7, 11) is 1.84. The van der Waals surface area contributed by atoms with E-state index >= 15 is 0 Å². The lowest BCUT2D eigenvalue weighted by atomic mass is 9.87. The maximum Gasteiger partial charge on any atom is 0.193 e. The van der Waals surface area contributed by atoms with Crippen LogP contribution in [0.5, 0.6) is 0 Å². The van der Waals surface area contributed by atoms with Crippen molar-refractivity contribution < 1.29 is 4.74 Å². The van der Waals surface area contributed by atoms with Gasteiger partial charge < -0.3 is 15.0 Å². The Balaban J connectivity index is 0.00000161. The number of nitrogens with one attached hydrogen (secondary N) is 1. The van der Waals surface area contributed by atoms with E-state index in [2.05, 4.69) is 20.2 Å². The summed E-state index contributed by atoms with van der Waals surface area (Å²) in [5.41, 5.74) is 1.40. The normalized spacial score (nSPS) is 25.2. The van der Waals surface area contributed by atoms with Crippen LogP contribution in [0.15, 0.2) is 29.4 Å². The van der Waals surface area contributed by atoms with Crippen LogP contribution < -0.4 is 5.32 Å². The second-order valence-corrected chi connectivity index (χ2v) is 5.70. The summed E-state index contributed by atoms with van der Waals surface area (Å²) in [5, 5.41) is 3.41. The summed E-state index contributed by atoms with van der Waals surface area (Å²) in [6.45, 7) is 4.64. The smallest absolute Gasteiger partial charge is 0.193 e. The third-order valence-electron chi connectivity index (χ3n) is 4.29. The average molecular weight is 402 g/mol. The molecule has 3 heterocycles. The van der Waals surface area contributed by atoms with Gasteiger partial charge in [0.25, 0.3) is 0 Å². The molecule has 0 aromatic carbocycles. The Hall–Kier alpha value is -0.890. The van der Waals surface area contributed by atoms with Crippen LogP contribution in [0, 0.1) is 5.41 Å². The molecule has 1 unspecified atom stereocenters. The van der Waals surface area contributed by atoms with E-state index in [1.165, 1.54) is 12.8 Å². The van der Waals surface area contributed by atoms with Crippen molar-refractivity contribution in [3.05, 3.63) is 30.1 Å². The fourth-order valence-corrected chi connectivity index (χ4v) is 3.09. The minimum atomic E-state index is 0. The predicted octanol–water partition coefficient (Wildman–Crippen LogP) is 1.89. The molecule has 2 saturated heterocycles. The number of hydrogen-bond donors (Lipinski definition) is 1. The summed E-state index contributed by atoms with van der Waals surface area (Å²) in [4.78, 5) is 11.1. The molecule has 1 aromatic heterocycles. The Morgan fingerprint density at radius 3 is 3.05 bits per heavy atom. The van der Waals surface area contributed by atoms with Crippen molar-refractivity contribution in [2.24, 2.45) is 10.4 Å². The first kappa shape index (κ1) is 16.5. The van der Waals surface area contributed by atoms with Gasteiger partial charge in [-0.3, -0.25) is 9.98 Å². The van der Waals surface area contributed by atoms with Gasteiger partial charge in [-0.25, -0.2) is 0 Å². The lowest BCUT2D eigenvalue weighted by Crippen LogP contribution is -2.41. The zero-order valence-corrected chi connectivity index (χ0v) is 14.7. The topological polar surface area (TPSA) is 49.8 Å². The van der Waals surface area contributed by atoms with Gasteiger partial charge in [0, 0.05) is 38.4 Å². The first-order chi connectivity index (χ1) is 9.81. The van der Waals surface area contributed by atoms with E-state index < -0.39 is 0 Å². The summed E-state index contributed by atoms with van der Waals surface area (Å²) in [6.07, 6.45) is 4.21. The van der Waals surface area contributed by atoms with Crippen LogP contribution in [0.3, 0.4) is 0 Å². The second kappa shape index (κ2) is 7.40. The molecule has 21 heavy (non-hydrogen) atoms. The molecule has 5 nitrogen and oxygen atoms in total. The van der Waals surface area contributed by atoms with Crippen molar-refractivity contribution in [2.75, 3.05) is 33.4 Å². The number of pyridine rings is 1. The van der Waals surface area contributed by atoms with E-state index in [4.69, 9.17) is 4.74 Å². The van der Waals surface area contributed by atoms with E-state index in [0.717, 1.165) is 38.0 Å². The van der Waals surface area contributed by atoms with Crippen molar-refractivity contribution in [1.82, 2.24) is 15.2 Å². The highest BCUT2D eigenvalue weighted by Crippen LogP contribution is 2.38. The molecule has 2 aliphatic rings. The molecule has 116 valence electrons. The third kappa shape index (κ3) is 3.85. The average Bonchev–Trinajstić information content (AvgIpc) is 3.12. The quantitative estimate of drug-likeness (QED) is 0.467. The van der Waals surface area contributed by atoms with Crippen LogP contribution in [0.25, 0.3) is 0 Å². The third-order valence-corrected chi connectivity index (χ3v) is 4.29. The molecule has 0 saturated carbocycles. The molecule has 1 aromatic rings. The minimum absolute atomic E-state index is 0. The molecule has 2 aliphatic heterocycles. The molecule has 6 heteroatoms. The number of aliphatic imine (C=N–C) groups is 1. The largest absolute Gasteiger partial charge is 0.381 e. The van der Waals surface area contributed by atoms with Crippen LogP contribution in [0.4, 0.5) is 0 Å². The lowest BCUT2D eigenvalue weighted by molar-refractivity contribution is 0.156. The van der Waals surface area contributed by atoms with Gasteiger partial charge in [0.1, 0.15) is 0 Å². The first-order valence-corrected chi connectivity index (χ1v) is 7.25. The van der Waals surface area contributed by atoms with Crippen molar-refractivity contribution in [3.63, 3.8) is 0 Å². The van der Waals surface area contributed by atoms with Crippen LogP contribution >= 0.6 is 24.0 Å². The Morgan fingerprint density at radius 2 is 2.38 bits per heavy atom. The summed E-state index contributed by atoms with van der Waals surface area (Å²) >= 11 is 0. The maximum absolute atomic E-state index is 5.58. The number of halogens is 1. The highest BCUT2D eigenvalue weighted by atomic mass is 127. The molecule has 0 aliphatic carbocycles. The molecular weight excluding hydrogens is 379 g/mol. The van der Waals surface area contributed by atoms with Gasteiger partial charge in [-0.1, -0.05) is 6.07 Å². The predicted molar refractivity (Wildman–Crippen MR) is 93.9 cm³/mol. The summed E-state index contributed by atoms with van der Waals surface area (Å²) in [6, 6.07) is 5.96. The number of likely N-dealkylation sites (tertiary alicyclic amines) is 1. The standard InChI is InChI=1S/C15H22N4O.HI/c1-16-14(18-10-13-4-2-3-7-17-13)19-8-5-15(11-19)6-9-20-12-15;/h2-4,7H,5-6,8-12H2,1H3,(H,16,18);1H. The molecule has 0 radical (unpaired) electrons. The zero-order chi connectivity index (χ0) is 13.8. The van der Waals surface area contributed by atoms with Crippen LogP contribution in [0.1, 0.15) is 18.5 Å². The highest BCUT2D eigenvalue weighted by Gasteiger charge is 2.42. The number of hydrogen-bond acceptors (Lipinski definition) is 3. The van der Waals surface area contributed by atoms with Crippen LogP contribution in [0.2, 0.25) is 0 Å². The molecule has 1 spiro atoms. The van der Waals surface area contributed by atoms with Gasteiger partial charge in [-0.15, -0.1) is 24.0 Å². The molecule has 1 N–H and O–H groups in total. The van der Waals surface area contributed by atoms with Gasteiger partial charge in [0.15, 0.2) is 5.96 Å². The number of nitrogens with zero attached hydrogens (tertiary/aromatic N) is 3. The van der Waals surface area contributed by atoms with E-state index in [1.807, 2.05) is 31.4 Å². The number of rotatable bonds is 2. The first-order valence-electron chi connectivity index (χ1n) is 7.25. The molecule has 2 fully saturated rings. The molecule has 0 amide bonds. The van der Waals surface area contributed by atoms with E-state index in [1.54, 1.807) is 0 Å². The van der Waals surface area contributed by atoms with Gasteiger partial charge in [0.05, 0.1) is 18.8 Å². The van der Waals surface area contributed by atoms with E-state index in [0.29, 0.717) is 12.0 Å². The molecular formula is C15H23IN4O. The molecule has 0 bridgehead atoms. The Labute approximate surface area is 143 Å². The molecule has 1 atom stereocenters. The maximum atomic E-state index is 5.58. The fourth-order valence-electron chi connectivity index (χ4n) is 3.09. The SMILES string of the molecule is CN=C(NCc1ccccn1)N1CCC2(CCOC2)C1.I. The van der Waals surface area contributed by atoms with Gasteiger partial charge >= 0.3 is 0 Å². The van der Waals surface area contributed by atoms with Gasteiger partial charge in [-0.05, 0) is 25.0 Å². The fraction of sp³-hybridized carbons (Fsp3) is 0.600. The Morgan fingerprint density at radius 1 is 1.48 bits per heavy atom. The monoisotopic (exact) mass is 402 g/mol. The van der Waals surface area contributed by atoms with Crippen molar-refractivity contribution in [1.29, 1.82) is 0 Å². The van der Waals surface area contributed by atoms with Gasteiger partial charge in [-0.2, -0.15) is 0 Å². The minimum Gasteiger partial charge on any atom is -0.381 e. The number of aromatic nitrogens is 1. The van der Waals surface area contributed by atoms with Gasteiger partial charge in [0.2, 0.25) is 0 Å². The van der Waals surface area contributed by atoms with Crippen LogP contribution in [-0.2, 0) is 11.3 Å². The summed E-state index contributed by atoms with van der Waals surface area (Å²) in [5.74, 6) is 0.972. The Bertz CT molecular complexity index is 474. The van der Waals surface area contributed by atoms with Crippen molar-refractivity contribution >= 4 is 29.9 Å². The van der Waals surface area contributed by atoms with Crippen molar-refractivity contribution in [3.8, 4) is 0 Å². The van der Waals surface area contributed by atoms with E-state index in [-0.39, 0.29) is 24.0 Å². The highest BCUT2D eigenvalue weighted by molar-refractivity contribution is 14.0. The lowest BCUT2D eigenvalue weighted by Gasteiger charge is -2.24. The van der Waals surface area contributed by atoms with Crippen LogP contribution in [-0.4, -0.2) is 49.2 Å². The van der Waals surface area contributed by atoms with E-state index in [9.17, 15) is 0 Å². The Kier molecular flexibility index (Phi) is 5.80. The van der Waals surface area contributed by atoms with Crippen molar-refractivity contribution in [2.45, 2.75) is 19.4 Å². The second-order valence-electron chi connectivity index (χ2n) is 5.70. The molecule has 3 rings (SSSR count).